The van der Waals surface area contributed by atoms with E-state index in [-0.39, 0.29) is 16.4 Å². The van der Waals surface area contributed by atoms with Crippen LogP contribution in [0.25, 0.3) is 0 Å². The van der Waals surface area contributed by atoms with Crippen molar-refractivity contribution in [1.82, 2.24) is 14.4 Å². The molecule has 2 aromatic rings. The Balaban J connectivity index is 1.47. The summed E-state index contributed by atoms with van der Waals surface area (Å²) in [6.45, 7) is 8.20. The molecular formula is C18H24FN3O2S. The van der Waals surface area contributed by atoms with E-state index in [1.807, 2.05) is 22.9 Å². The molecule has 0 amide bonds. The van der Waals surface area contributed by atoms with Gasteiger partial charge in [-0.25, -0.2) is 4.39 Å². The number of ether oxygens (including phenoxy) is 1. The predicted octanol–water partition coefficient (Wildman–Crippen LogP) is 2.18. The van der Waals surface area contributed by atoms with Crippen molar-refractivity contribution in [1.29, 1.82) is 0 Å². The molecule has 0 radical (unpaired) electrons. The smallest absolute Gasteiger partial charge is 0.307 e. The van der Waals surface area contributed by atoms with Crippen molar-refractivity contribution in [2.75, 3.05) is 39.8 Å². The lowest BCUT2D eigenvalue weighted by Gasteiger charge is -2.34. The summed E-state index contributed by atoms with van der Waals surface area (Å²) in [7, 11) is 1.48. The summed E-state index contributed by atoms with van der Waals surface area (Å²) in [6.07, 6.45) is 0. The largest absolute Gasteiger partial charge is 0.494 e. The van der Waals surface area contributed by atoms with Gasteiger partial charge in [0.1, 0.15) is 0 Å². The van der Waals surface area contributed by atoms with Crippen molar-refractivity contribution < 1.29 is 9.13 Å². The highest BCUT2D eigenvalue weighted by Crippen LogP contribution is 2.19. The number of thiazole rings is 1. The van der Waals surface area contributed by atoms with Crippen LogP contribution in [0.5, 0.6) is 5.75 Å². The van der Waals surface area contributed by atoms with Crippen LogP contribution in [0.3, 0.4) is 0 Å². The Morgan fingerprint density at radius 1 is 1.16 bits per heavy atom. The fraction of sp³-hybridized carbons (Fsp3) is 0.500. The third kappa shape index (κ3) is 4.48. The van der Waals surface area contributed by atoms with E-state index < -0.39 is 0 Å². The maximum atomic E-state index is 13.8. The minimum Gasteiger partial charge on any atom is -0.494 e. The van der Waals surface area contributed by atoms with Crippen molar-refractivity contribution in [2.45, 2.75) is 20.0 Å². The highest BCUT2D eigenvalue weighted by atomic mass is 32.1. The molecule has 25 heavy (non-hydrogen) atoms. The summed E-state index contributed by atoms with van der Waals surface area (Å²) >= 11 is 1.26. The van der Waals surface area contributed by atoms with Gasteiger partial charge in [-0.05, 0) is 24.6 Å². The molecule has 1 fully saturated rings. The van der Waals surface area contributed by atoms with Crippen LogP contribution in [0.4, 0.5) is 4.39 Å². The van der Waals surface area contributed by atoms with Gasteiger partial charge in [0.25, 0.3) is 0 Å². The van der Waals surface area contributed by atoms with Crippen LogP contribution in [-0.2, 0) is 13.1 Å². The van der Waals surface area contributed by atoms with Gasteiger partial charge in [-0.1, -0.05) is 17.4 Å². The average Bonchev–Trinajstić information content (AvgIpc) is 2.93. The molecule has 0 aliphatic carbocycles. The molecule has 1 aliphatic rings. The summed E-state index contributed by atoms with van der Waals surface area (Å²) in [5, 5.41) is 1.91. The van der Waals surface area contributed by atoms with Crippen molar-refractivity contribution in [3.63, 3.8) is 0 Å². The summed E-state index contributed by atoms with van der Waals surface area (Å²) in [5.74, 6) is -0.0252. The second kappa shape index (κ2) is 8.12. The molecule has 0 atom stereocenters. The summed E-state index contributed by atoms with van der Waals surface area (Å²) in [6, 6.07) is 5.15. The fourth-order valence-electron chi connectivity index (χ4n) is 3.15. The lowest BCUT2D eigenvalue weighted by Crippen LogP contribution is -2.47. The molecule has 136 valence electrons. The number of halogens is 1. The van der Waals surface area contributed by atoms with Crippen LogP contribution in [0.2, 0.25) is 0 Å². The third-order valence-corrected chi connectivity index (χ3v) is 5.58. The van der Waals surface area contributed by atoms with Gasteiger partial charge < -0.3 is 9.30 Å². The first kappa shape index (κ1) is 18.1. The molecule has 1 aromatic heterocycles. The molecule has 1 aliphatic heterocycles. The number of hydrogen-bond acceptors (Lipinski definition) is 5. The molecule has 0 N–H and O–H groups in total. The first-order chi connectivity index (χ1) is 12.1. The van der Waals surface area contributed by atoms with Crippen molar-refractivity contribution >= 4 is 11.3 Å². The Hall–Kier alpha value is -1.70. The number of piperazine rings is 1. The number of aryl methyl sites for hydroxylation is 1. The van der Waals surface area contributed by atoms with Crippen molar-refractivity contribution in [3.05, 3.63) is 50.3 Å². The van der Waals surface area contributed by atoms with Crippen LogP contribution < -0.4 is 9.61 Å². The lowest BCUT2D eigenvalue weighted by atomic mass is 10.2. The SMILES string of the molecule is COc1ccc(CN2CCN(CCn3c(C)csc3=O)CC2)cc1F. The van der Waals surface area contributed by atoms with Crippen LogP contribution in [0.15, 0.2) is 28.4 Å². The van der Waals surface area contributed by atoms with E-state index in [9.17, 15) is 9.18 Å². The number of rotatable bonds is 6. The maximum absolute atomic E-state index is 13.8. The molecule has 0 bridgehead atoms. The topological polar surface area (TPSA) is 37.7 Å². The summed E-state index contributed by atoms with van der Waals surface area (Å²) in [4.78, 5) is 16.6. The number of benzene rings is 1. The van der Waals surface area contributed by atoms with E-state index in [1.54, 1.807) is 12.1 Å². The Labute approximate surface area is 151 Å². The first-order valence-corrected chi connectivity index (χ1v) is 9.37. The third-order valence-electron chi connectivity index (χ3n) is 4.70. The Bertz CT molecular complexity index is 766. The normalized spacial score (nSPS) is 16.3. The highest BCUT2D eigenvalue weighted by molar-refractivity contribution is 7.07. The molecule has 5 nitrogen and oxygen atoms in total. The van der Waals surface area contributed by atoms with E-state index in [4.69, 9.17) is 4.74 Å². The number of nitrogens with zero attached hydrogens (tertiary/aromatic N) is 3. The minimum absolute atomic E-state index is 0.123. The van der Waals surface area contributed by atoms with Gasteiger partial charge in [0.05, 0.1) is 7.11 Å². The van der Waals surface area contributed by atoms with Crippen LogP contribution in [0.1, 0.15) is 11.3 Å². The van der Waals surface area contributed by atoms with Gasteiger partial charge in [0.2, 0.25) is 0 Å². The second-order valence-corrected chi connectivity index (χ2v) is 7.20. The molecule has 7 heteroatoms. The highest BCUT2D eigenvalue weighted by Gasteiger charge is 2.17. The van der Waals surface area contributed by atoms with E-state index >= 15 is 0 Å². The molecular weight excluding hydrogens is 341 g/mol. The monoisotopic (exact) mass is 365 g/mol. The zero-order chi connectivity index (χ0) is 17.8. The van der Waals surface area contributed by atoms with Crippen LogP contribution in [0, 0.1) is 12.7 Å². The zero-order valence-corrected chi connectivity index (χ0v) is 15.5. The Morgan fingerprint density at radius 2 is 1.88 bits per heavy atom. The minimum atomic E-state index is -0.310. The Morgan fingerprint density at radius 3 is 2.48 bits per heavy atom. The van der Waals surface area contributed by atoms with E-state index in [1.165, 1.54) is 18.4 Å². The quantitative estimate of drug-likeness (QED) is 0.786. The molecule has 0 unspecified atom stereocenters. The second-order valence-electron chi connectivity index (χ2n) is 6.38. The fourth-order valence-corrected chi connectivity index (χ4v) is 3.91. The van der Waals surface area contributed by atoms with Gasteiger partial charge >= 0.3 is 4.87 Å². The van der Waals surface area contributed by atoms with E-state index in [2.05, 4.69) is 9.80 Å². The number of aromatic nitrogens is 1. The average molecular weight is 365 g/mol. The van der Waals surface area contributed by atoms with Gasteiger partial charge in [0.15, 0.2) is 11.6 Å². The molecule has 0 spiro atoms. The zero-order valence-electron chi connectivity index (χ0n) is 14.7. The van der Waals surface area contributed by atoms with Gasteiger partial charge in [0, 0.05) is 56.9 Å². The predicted molar refractivity (Wildman–Crippen MR) is 98.0 cm³/mol. The Kier molecular flexibility index (Phi) is 5.88. The lowest BCUT2D eigenvalue weighted by molar-refractivity contribution is 0.123. The van der Waals surface area contributed by atoms with Gasteiger partial charge in [-0.2, -0.15) is 0 Å². The summed E-state index contributed by atoms with van der Waals surface area (Å²) in [5.41, 5.74) is 2.00. The van der Waals surface area contributed by atoms with E-state index in [0.29, 0.717) is 0 Å². The van der Waals surface area contributed by atoms with Crippen LogP contribution in [-0.4, -0.2) is 54.2 Å². The molecule has 1 aromatic carbocycles. The van der Waals surface area contributed by atoms with Crippen LogP contribution >= 0.6 is 11.3 Å². The van der Waals surface area contributed by atoms with Gasteiger partial charge in [-0.15, -0.1) is 0 Å². The molecule has 1 saturated heterocycles. The number of methoxy groups -OCH3 is 1. The van der Waals surface area contributed by atoms with E-state index in [0.717, 1.165) is 57.1 Å². The van der Waals surface area contributed by atoms with Crippen molar-refractivity contribution in [2.24, 2.45) is 0 Å². The number of hydrogen-bond donors (Lipinski definition) is 0. The molecule has 2 heterocycles. The molecule has 3 rings (SSSR count). The first-order valence-electron chi connectivity index (χ1n) is 8.49. The van der Waals surface area contributed by atoms with Gasteiger partial charge in [-0.3, -0.25) is 14.6 Å². The molecule has 0 saturated carbocycles. The summed E-state index contributed by atoms with van der Waals surface area (Å²) < 4.78 is 20.6. The maximum Gasteiger partial charge on any atom is 0.307 e. The standard InChI is InChI=1S/C18H24FN3O2S/c1-14-13-25-18(23)22(14)10-9-20-5-7-21(8-6-20)12-15-3-4-17(24-2)16(19)11-15/h3-4,11,13H,5-10,12H2,1-2H3. The van der Waals surface area contributed by atoms with Crippen molar-refractivity contribution in [3.8, 4) is 5.75 Å².